The molecule has 2 aromatic carbocycles. The third-order valence-corrected chi connectivity index (χ3v) is 5.47. The van der Waals surface area contributed by atoms with Crippen LogP contribution >= 0.6 is 0 Å². The van der Waals surface area contributed by atoms with Gasteiger partial charge < -0.3 is 14.0 Å². The molecule has 1 heterocycles. The molecule has 0 saturated heterocycles. The maximum absolute atomic E-state index is 13.4. The van der Waals surface area contributed by atoms with Crippen LogP contribution in [0.25, 0.3) is 21.7 Å². The molecular weight excluding hydrogens is 338 g/mol. The van der Waals surface area contributed by atoms with Crippen molar-refractivity contribution in [2.75, 3.05) is 14.2 Å². The molecule has 27 heavy (non-hydrogen) atoms. The molecule has 0 N–H and O–H groups in total. The van der Waals surface area contributed by atoms with E-state index in [1.807, 2.05) is 41.0 Å². The van der Waals surface area contributed by atoms with Crippen molar-refractivity contribution in [1.29, 1.82) is 0 Å². The number of methoxy groups -OCH3 is 2. The maximum Gasteiger partial charge on any atom is 0.259 e. The van der Waals surface area contributed by atoms with Gasteiger partial charge in [0.15, 0.2) is 0 Å². The first-order chi connectivity index (χ1) is 13.2. The minimum atomic E-state index is 0.0413. The minimum absolute atomic E-state index is 0.0413. The largest absolute Gasteiger partial charge is 0.496 e. The molecule has 3 aromatic rings. The summed E-state index contributed by atoms with van der Waals surface area (Å²) in [7, 11) is 3.31. The molecule has 1 aromatic heterocycles. The first-order valence-electron chi connectivity index (χ1n) is 9.82. The van der Waals surface area contributed by atoms with Gasteiger partial charge in [0.05, 0.1) is 30.5 Å². The van der Waals surface area contributed by atoms with Gasteiger partial charge in [0.25, 0.3) is 5.56 Å². The number of unbranched alkanes of at least 4 members (excludes halogenated alkanes) is 1. The fourth-order valence-electron chi connectivity index (χ4n) is 3.91. The Bertz CT molecular complexity index is 990. The second-order valence-electron chi connectivity index (χ2n) is 7.07. The predicted molar refractivity (Wildman–Crippen MR) is 112 cm³/mol. The maximum atomic E-state index is 13.4. The van der Waals surface area contributed by atoms with Gasteiger partial charge in [-0.05, 0) is 36.6 Å². The summed E-state index contributed by atoms with van der Waals surface area (Å²) in [5, 5.41) is 2.45. The monoisotopic (exact) mass is 367 g/mol. The fourth-order valence-corrected chi connectivity index (χ4v) is 3.91. The summed E-state index contributed by atoms with van der Waals surface area (Å²) >= 11 is 0. The summed E-state index contributed by atoms with van der Waals surface area (Å²) < 4.78 is 13.2. The summed E-state index contributed by atoms with van der Waals surface area (Å²) in [6, 6.07) is 11.6. The third-order valence-electron chi connectivity index (χ3n) is 5.47. The summed E-state index contributed by atoms with van der Waals surface area (Å²) in [6.45, 7) is 5.14. The highest BCUT2D eigenvalue weighted by atomic mass is 16.5. The Hall–Kier alpha value is -2.49. The van der Waals surface area contributed by atoms with E-state index in [1.165, 1.54) is 12.8 Å². The molecule has 144 valence electrons. The highest BCUT2D eigenvalue weighted by molar-refractivity contribution is 6.11. The Morgan fingerprint density at radius 1 is 0.963 bits per heavy atom. The molecule has 0 amide bonds. The van der Waals surface area contributed by atoms with Crippen LogP contribution in [0.15, 0.2) is 41.2 Å². The number of rotatable bonds is 8. The van der Waals surface area contributed by atoms with E-state index in [0.717, 1.165) is 41.4 Å². The molecule has 0 aliphatic carbocycles. The van der Waals surface area contributed by atoms with Crippen LogP contribution in [0.2, 0.25) is 0 Å². The Labute approximate surface area is 160 Å². The molecule has 0 fully saturated rings. The zero-order valence-electron chi connectivity index (χ0n) is 16.7. The number of hydrogen-bond acceptors (Lipinski definition) is 3. The van der Waals surface area contributed by atoms with Crippen molar-refractivity contribution >= 4 is 21.7 Å². The fraction of sp³-hybridized carbons (Fsp3) is 0.435. The molecule has 0 spiro atoms. The van der Waals surface area contributed by atoms with E-state index >= 15 is 0 Å². The molecule has 0 radical (unpaired) electrons. The predicted octanol–water partition coefficient (Wildman–Crippen LogP) is 5.39. The first kappa shape index (κ1) is 19.3. The van der Waals surface area contributed by atoms with Crippen molar-refractivity contribution in [1.82, 2.24) is 4.57 Å². The number of benzene rings is 2. The Balaban J connectivity index is 2.34. The van der Waals surface area contributed by atoms with Crippen LogP contribution in [0.1, 0.15) is 39.5 Å². The average Bonchev–Trinajstić information content (AvgIpc) is 2.72. The van der Waals surface area contributed by atoms with Crippen molar-refractivity contribution in [2.45, 2.75) is 46.1 Å². The zero-order valence-corrected chi connectivity index (χ0v) is 16.7. The van der Waals surface area contributed by atoms with E-state index in [9.17, 15) is 4.79 Å². The van der Waals surface area contributed by atoms with E-state index < -0.39 is 0 Å². The van der Waals surface area contributed by atoms with Gasteiger partial charge in [0.1, 0.15) is 11.5 Å². The van der Waals surface area contributed by atoms with E-state index in [4.69, 9.17) is 9.47 Å². The van der Waals surface area contributed by atoms with Gasteiger partial charge in [-0.1, -0.05) is 45.2 Å². The van der Waals surface area contributed by atoms with Crippen LogP contribution in [0.5, 0.6) is 11.5 Å². The van der Waals surface area contributed by atoms with E-state index in [1.54, 1.807) is 14.2 Å². The SMILES string of the molecule is CCCCC(CC)Cn1c(=O)c2cccc(OC)c2c2c(OC)cccc21. The molecule has 0 aliphatic rings. The number of fused-ring (bicyclic) bond motifs is 3. The average molecular weight is 367 g/mol. The molecule has 0 aliphatic heterocycles. The quantitative estimate of drug-likeness (QED) is 0.501. The summed E-state index contributed by atoms with van der Waals surface area (Å²) in [6.07, 6.45) is 4.57. The van der Waals surface area contributed by atoms with Crippen molar-refractivity contribution in [3.05, 3.63) is 46.8 Å². The molecule has 4 nitrogen and oxygen atoms in total. The van der Waals surface area contributed by atoms with E-state index in [0.29, 0.717) is 17.1 Å². The highest BCUT2D eigenvalue weighted by Gasteiger charge is 2.19. The number of aromatic nitrogens is 1. The molecular formula is C23H29NO3. The van der Waals surface area contributed by atoms with Gasteiger partial charge in [-0.25, -0.2) is 0 Å². The Morgan fingerprint density at radius 3 is 2.26 bits per heavy atom. The molecule has 1 atom stereocenters. The molecule has 3 rings (SSSR count). The normalized spacial score (nSPS) is 12.4. The second kappa shape index (κ2) is 8.47. The zero-order chi connectivity index (χ0) is 19.4. The van der Waals surface area contributed by atoms with E-state index in [-0.39, 0.29) is 5.56 Å². The van der Waals surface area contributed by atoms with Crippen LogP contribution in [0, 0.1) is 5.92 Å². The van der Waals surface area contributed by atoms with E-state index in [2.05, 4.69) is 13.8 Å². The number of nitrogens with zero attached hydrogens (tertiary/aromatic N) is 1. The molecule has 0 bridgehead atoms. The van der Waals surface area contributed by atoms with Gasteiger partial charge in [-0.15, -0.1) is 0 Å². The van der Waals surface area contributed by atoms with Gasteiger partial charge in [0, 0.05) is 11.9 Å². The Morgan fingerprint density at radius 2 is 1.63 bits per heavy atom. The lowest BCUT2D eigenvalue weighted by Crippen LogP contribution is -2.25. The van der Waals surface area contributed by atoms with Crippen LogP contribution in [-0.2, 0) is 6.54 Å². The highest BCUT2D eigenvalue weighted by Crippen LogP contribution is 2.36. The lowest BCUT2D eigenvalue weighted by Gasteiger charge is -2.21. The van der Waals surface area contributed by atoms with Gasteiger partial charge in [-0.3, -0.25) is 4.79 Å². The molecule has 4 heteroatoms. The third kappa shape index (κ3) is 3.53. The topological polar surface area (TPSA) is 40.5 Å². The number of ether oxygens (including phenoxy) is 2. The van der Waals surface area contributed by atoms with Gasteiger partial charge >= 0.3 is 0 Å². The summed E-state index contributed by atoms with van der Waals surface area (Å²) in [4.78, 5) is 13.4. The van der Waals surface area contributed by atoms with Crippen LogP contribution in [-0.4, -0.2) is 18.8 Å². The Kier molecular flexibility index (Phi) is 6.04. The summed E-state index contributed by atoms with van der Waals surface area (Å²) in [5.41, 5.74) is 0.950. The van der Waals surface area contributed by atoms with Crippen LogP contribution in [0.3, 0.4) is 0 Å². The van der Waals surface area contributed by atoms with Gasteiger partial charge in [-0.2, -0.15) is 0 Å². The standard InChI is InChI=1S/C23H29NO3/c1-5-7-10-16(6-2)15-24-18-12-9-14-20(27-4)22(18)21-17(23(24)25)11-8-13-19(21)26-3/h8-9,11-14,16H,5-7,10,15H2,1-4H3. The lowest BCUT2D eigenvalue weighted by molar-refractivity contribution is 0.391. The van der Waals surface area contributed by atoms with Crippen LogP contribution in [0.4, 0.5) is 0 Å². The van der Waals surface area contributed by atoms with Crippen molar-refractivity contribution in [2.24, 2.45) is 5.92 Å². The number of hydrogen-bond donors (Lipinski definition) is 0. The van der Waals surface area contributed by atoms with Gasteiger partial charge in [0.2, 0.25) is 0 Å². The first-order valence-corrected chi connectivity index (χ1v) is 9.82. The summed E-state index contributed by atoms with van der Waals surface area (Å²) in [5.74, 6) is 1.95. The van der Waals surface area contributed by atoms with Crippen molar-refractivity contribution < 1.29 is 9.47 Å². The van der Waals surface area contributed by atoms with Crippen molar-refractivity contribution in [3.63, 3.8) is 0 Å². The second-order valence-corrected chi connectivity index (χ2v) is 7.07. The van der Waals surface area contributed by atoms with Crippen LogP contribution < -0.4 is 15.0 Å². The number of pyridine rings is 1. The molecule has 0 saturated carbocycles. The molecule has 1 unspecified atom stereocenters. The van der Waals surface area contributed by atoms with Crippen molar-refractivity contribution in [3.8, 4) is 11.5 Å². The lowest BCUT2D eigenvalue weighted by atomic mass is 9.98. The smallest absolute Gasteiger partial charge is 0.259 e. The minimum Gasteiger partial charge on any atom is -0.496 e.